The van der Waals surface area contributed by atoms with E-state index in [0.29, 0.717) is 0 Å². The second kappa shape index (κ2) is 6.46. The molecule has 1 N–H and O–H groups in total. The topological polar surface area (TPSA) is 33.1 Å². The largest absolute Gasteiger partial charge is 0.307 e. The number of aromatic nitrogens is 2. The van der Waals surface area contributed by atoms with Gasteiger partial charge in [0, 0.05) is 12.1 Å². The first-order chi connectivity index (χ1) is 9.56. The van der Waals surface area contributed by atoms with Crippen molar-refractivity contribution >= 4 is 11.6 Å². The minimum Gasteiger partial charge on any atom is -0.307 e. The maximum absolute atomic E-state index is 6.46. The maximum atomic E-state index is 6.46. The highest BCUT2D eigenvalue weighted by Crippen LogP contribution is 2.44. The second-order valence-corrected chi connectivity index (χ2v) is 6.30. The summed E-state index contributed by atoms with van der Waals surface area (Å²) in [4.78, 5) is 2.39. The average Bonchev–Trinajstić information content (AvgIpc) is 3.04. The molecule has 4 nitrogen and oxygen atoms in total. The molecule has 1 atom stereocenters. The minimum absolute atomic E-state index is 0.145. The fourth-order valence-electron chi connectivity index (χ4n) is 3.64. The first-order valence-corrected chi connectivity index (χ1v) is 8.06. The lowest BCUT2D eigenvalue weighted by molar-refractivity contribution is 0.101. The summed E-state index contributed by atoms with van der Waals surface area (Å²) in [7, 11) is 4.38. The van der Waals surface area contributed by atoms with E-state index in [-0.39, 0.29) is 11.6 Å². The Morgan fingerprint density at radius 3 is 2.55 bits per heavy atom. The summed E-state index contributed by atoms with van der Waals surface area (Å²) >= 11 is 6.46. The predicted octanol–water partition coefficient (Wildman–Crippen LogP) is 3.08. The third-order valence-corrected chi connectivity index (χ3v) is 5.00. The molecular formula is C15H27ClN4. The van der Waals surface area contributed by atoms with Crippen LogP contribution in [0.25, 0.3) is 0 Å². The van der Waals surface area contributed by atoms with E-state index in [2.05, 4.69) is 43.3 Å². The van der Waals surface area contributed by atoms with E-state index in [0.717, 1.165) is 23.8 Å². The number of halogens is 1. The van der Waals surface area contributed by atoms with Crippen molar-refractivity contribution in [3.63, 3.8) is 0 Å². The van der Waals surface area contributed by atoms with Crippen LogP contribution in [0.2, 0.25) is 5.02 Å². The van der Waals surface area contributed by atoms with Crippen molar-refractivity contribution in [1.29, 1.82) is 0 Å². The lowest BCUT2D eigenvalue weighted by Gasteiger charge is -2.44. The van der Waals surface area contributed by atoms with Crippen LogP contribution in [0, 0.1) is 0 Å². The Morgan fingerprint density at radius 1 is 1.40 bits per heavy atom. The summed E-state index contributed by atoms with van der Waals surface area (Å²) in [5, 5.41) is 8.89. The number of rotatable bonds is 6. The summed E-state index contributed by atoms with van der Waals surface area (Å²) in [6.07, 6.45) is 6.78. The molecule has 1 aliphatic rings. The van der Waals surface area contributed by atoms with E-state index < -0.39 is 0 Å². The van der Waals surface area contributed by atoms with Crippen LogP contribution in [0.5, 0.6) is 0 Å². The van der Waals surface area contributed by atoms with Crippen molar-refractivity contribution in [2.45, 2.75) is 57.7 Å². The van der Waals surface area contributed by atoms with Crippen LogP contribution in [0.4, 0.5) is 0 Å². The molecule has 0 aromatic carbocycles. The van der Waals surface area contributed by atoms with Gasteiger partial charge < -0.3 is 10.2 Å². The Labute approximate surface area is 127 Å². The molecule has 0 amide bonds. The molecule has 1 aromatic rings. The van der Waals surface area contributed by atoms with Crippen LogP contribution < -0.4 is 5.32 Å². The number of hydrogen-bond donors (Lipinski definition) is 1. The fraction of sp³-hybridized carbons (Fsp3) is 0.800. The predicted molar refractivity (Wildman–Crippen MR) is 84.2 cm³/mol. The van der Waals surface area contributed by atoms with Gasteiger partial charge in [0.2, 0.25) is 0 Å². The highest BCUT2D eigenvalue weighted by atomic mass is 35.5. The van der Waals surface area contributed by atoms with Gasteiger partial charge in [-0.1, -0.05) is 31.4 Å². The summed E-state index contributed by atoms with van der Waals surface area (Å²) in [6, 6.07) is 0.236. The van der Waals surface area contributed by atoms with Gasteiger partial charge in [0.05, 0.1) is 23.0 Å². The van der Waals surface area contributed by atoms with Gasteiger partial charge in [-0.3, -0.25) is 4.68 Å². The van der Waals surface area contributed by atoms with Crippen LogP contribution in [0.1, 0.15) is 51.3 Å². The van der Waals surface area contributed by atoms with Crippen LogP contribution in [-0.2, 0) is 6.54 Å². The molecular weight excluding hydrogens is 272 g/mol. The van der Waals surface area contributed by atoms with Gasteiger partial charge in [-0.05, 0) is 40.4 Å². The van der Waals surface area contributed by atoms with Crippen LogP contribution >= 0.6 is 11.6 Å². The zero-order valence-electron chi connectivity index (χ0n) is 13.1. The molecule has 20 heavy (non-hydrogen) atoms. The maximum Gasteiger partial charge on any atom is 0.0834 e. The lowest BCUT2D eigenvalue weighted by atomic mass is 9.84. The highest BCUT2D eigenvalue weighted by Gasteiger charge is 2.45. The minimum atomic E-state index is 0.145. The van der Waals surface area contributed by atoms with Crippen LogP contribution in [0.15, 0.2) is 6.20 Å². The standard InChI is InChI=1S/C15H27ClN4/c1-5-17-14(13-12(16)11-18-20(13)6-2)15(19(3)4)9-7-8-10-15/h11,14,17H,5-10H2,1-4H3. The van der Waals surface area contributed by atoms with Gasteiger partial charge in [-0.2, -0.15) is 5.10 Å². The monoisotopic (exact) mass is 298 g/mol. The number of nitrogens with one attached hydrogen (secondary N) is 1. The van der Waals surface area contributed by atoms with Crippen LogP contribution in [0.3, 0.4) is 0 Å². The van der Waals surface area contributed by atoms with Crippen molar-refractivity contribution in [3.8, 4) is 0 Å². The molecule has 1 fully saturated rings. The third-order valence-electron chi connectivity index (χ3n) is 4.71. The van der Waals surface area contributed by atoms with Gasteiger partial charge in [0.25, 0.3) is 0 Å². The molecule has 114 valence electrons. The number of nitrogens with zero attached hydrogens (tertiary/aromatic N) is 3. The molecule has 2 rings (SSSR count). The average molecular weight is 299 g/mol. The van der Waals surface area contributed by atoms with Crippen molar-refractivity contribution in [2.75, 3.05) is 20.6 Å². The second-order valence-electron chi connectivity index (χ2n) is 5.89. The quantitative estimate of drug-likeness (QED) is 0.876. The molecule has 5 heteroatoms. The van der Waals surface area contributed by atoms with E-state index in [1.807, 2.05) is 4.68 Å². The van der Waals surface area contributed by atoms with Crippen molar-refractivity contribution in [2.24, 2.45) is 0 Å². The molecule has 0 aliphatic heterocycles. The van der Waals surface area contributed by atoms with Gasteiger partial charge >= 0.3 is 0 Å². The van der Waals surface area contributed by atoms with Crippen molar-refractivity contribution in [1.82, 2.24) is 20.0 Å². The molecule has 0 spiro atoms. The summed E-state index contributed by atoms with van der Waals surface area (Å²) in [5.41, 5.74) is 1.29. The number of aryl methyl sites for hydroxylation is 1. The van der Waals surface area contributed by atoms with Crippen molar-refractivity contribution in [3.05, 3.63) is 16.9 Å². The summed E-state index contributed by atoms with van der Waals surface area (Å²) in [6.45, 7) is 6.07. The third kappa shape index (κ3) is 2.61. The number of hydrogen-bond acceptors (Lipinski definition) is 3. The first kappa shape index (κ1) is 15.8. The molecule has 0 bridgehead atoms. The molecule has 1 unspecified atom stereocenters. The zero-order chi connectivity index (χ0) is 14.8. The van der Waals surface area contributed by atoms with Gasteiger partial charge in [-0.25, -0.2) is 0 Å². The molecule has 1 aromatic heterocycles. The lowest BCUT2D eigenvalue weighted by Crippen LogP contribution is -2.52. The summed E-state index contributed by atoms with van der Waals surface area (Å²) in [5.74, 6) is 0. The van der Waals surface area contributed by atoms with Gasteiger partial charge in [0.1, 0.15) is 0 Å². The smallest absolute Gasteiger partial charge is 0.0834 e. The normalized spacial score (nSPS) is 19.7. The molecule has 1 aliphatic carbocycles. The van der Waals surface area contributed by atoms with E-state index in [1.165, 1.54) is 25.7 Å². The molecule has 0 radical (unpaired) electrons. The Kier molecular flexibility index (Phi) is 5.10. The summed E-state index contributed by atoms with van der Waals surface area (Å²) < 4.78 is 2.04. The SMILES string of the molecule is CCNC(c1c(Cl)cnn1CC)C1(N(C)C)CCCC1. The van der Waals surface area contributed by atoms with Gasteiger partial charge in [0.15, 0.2) is 0 Å². The highest BCUT2D eigenvalue weighted by molar-refractivity contribution is 6.31. The molecule has 1 saturated carbocycles. The molecule has 0 saturated heterocycles. The Hall–Kier alpha value is -0.580. The first-order valence-electron chi connectivity index (χ1n) is 7.68. The van der Waals surface area contributed by atoms with E-state index in [9.17, 15) is 0 Å². The Morgan fingerprint density at radius 2 is 2.05 bits per heavy atom. The van der Waals surface area contributed by atoms with Crippen molar-refractivity contribution < 1.29 is 0 Å². The van der Waals surface area contributed by atoms with Gasteiger partial charge in [-0.15, -0.1) is 0 Å². The van der Waals surface area contributed by atoms with E-state index in [4.69, 9.17) is 11.6 Å². The Bertz CT molecular complexity index is 435. The van der Waals surface area contributed by atoms with E-state index in [1.54, 1.807) is 6.20 Å². The fourth-order valence-corrected chi connectivity index (χ4v) is 3.89. The zero-order valence-corrected chi connectivity index (χ0v) is 13.9. The van der Waals surface area contributed by atoms with Crippen LogP contribution in [-0.4, -0.2) is 40.9 Å². The molecule has 1 heterocycles. The van der Waals surface area contributed by atoms with E-state index >= 15 is 0 Å². The number of likely N-dealkylation sites (N-methyl/N-ethyl adjacent to an activating group) is 2. The Balaban J connectivity index is 2.46.